The third-order valence-electron chi connectivity index (χ3n) is 11.0. The van der Waals surface area contributed by atoms with E-state index in [0.29, 0.717) is 23.8 Å². The topological polar surface area (TPSA) is 0 Å². The van der Waals surface area contributed by atoms with Crippen molar-refractivity contribution in [2.24, 2.45) is 41.4 Å². The van der Waals surface area contributed by atoms with Crippen LogP contribution in [0.1, 0.15) is 121 Å². The second kappa shape index (κ2) is 11.6. The Morgan fingerprint density at radius 2 is 1.29 bits per heavy atom. The first-order chi connectivity index (χ1) is 17.0. The fraction of sp³-hybridized carbons (Fsp3) is 0.812. The Morgan fingerprint density at radius 3 is 2.03 bits per heavy atom. The van der Waals surface area contributed by atoms with Crippen LogP contribution in [0.2, 0.25) is 0 Å². The molecule has 0 aliphatic heterocycles. The van der Waals surface area contributed by atoms with E-state index in [4.69, 9.17) is 0 Å². The number of rotatable bonds is 7. The van der Waals surface area contributed by atoms with E-state index < -0.39 is 17.5 Å². The van der Waals surface area contributed by atoms with E-state index in [1.165, 1.54) is 102 Å². The zero-order valence-corrected chi connectivity index (χ0v) is 22.0. The van der Waals surface area contributed by atoms with Crippen molar-refractivity contribution in [3.8, 4) is 0 Å². The second-order valence-electron chi connectivity index (χ2n) is 12.9. The lowest BCUT2D eigenvalue weighted by molar-refractivity contribution is 0.0527. The average Bonchev–Trinajstić information content (AvgIpc) is 2.89. The molecule has 0 nitrogen and oxygen atoms in total. The summed E-state index contributed by atoms with van der Waals surface area (Å²) in [6.07, 6.45) is 23.5. The van der Waals surface area contributed by atoms with Crippen LogP contribution in [-0.2, 0) is 12.8 Å². The first-order valence-electron chi connectivity index (χ1n) is 15.2. The summed E-state index contributed by atoms with van der Waals surface area (Å²) >= 11 is 0. The highest BCUT2D eigenvalue weighted by Gasteiger charge is 2.40. The molecule has 0 bridgehead atoms. The third kappa shape index (κ3) is 5.80. The Labute approximate surface area is 211 Å². The van der Waals surface area contributed by atoms with Gasteiger partial charge in [-0.15, -0.1) is 0 Å². The lowest BCUT2D eigenvalue weighted by Crippen LogP contribution is -2.35. The number of fused-ring (bicyclic) bond motifs is 2. The average molecular weight is 489 g/mol. The van der Waals surface area contributed by atoms with Gasteiger partial charge in [-0.3, -0.25) is 0 Å². The molecule has 1 aromatic rings. The molecule has 196 valence electrons. The Kier molecular flexibility index (Phi) is 8.50. The lowest BCUT2D eigenvalue weighted by Gasteiger charge is -2.46. The van der Waals surface area contributed by atoms with Gasteiger partial charge in [-0.2, -0.15) is 0 Å². The molecule has 0 saturated heterocycles. The first-order valence-corrected chi connectivity index (χ1v) is 15.2. The highest BCUT2D eigenvalue weighted by atomic mass is 19.2. The Bertz CT molecular complexity index is 840. The molecule has 5 atom stereocenters. The Hall–Kier alpha value is -0.990. The molecule has 0 amide bonds. The van der Waals surface area contributed by atoms with Crippen LogP contribution in [0.25, 0.3) is 0 Å². The molecule has 4 aliphatic rings. The van der Waals surface area contributed by atoms with Gasteiger partial charge in [0, 0.05) is 0 Å². The molecule has 0 spiro atoms. The zero-order valence-electron chi connectivity index (χ0n) is 22.0. The first kappa shape index (κ1) is 25.7. The van der Waals surface area contributed by atoms with Crippen LogP contribution < -0.4 is 0 Å². The van der Waals surface area contributed by atoms with E-state index in [9.17, 15) is 13.2 Å². The van der Waals surface area contributed by atoms with Gasteiger partial charge in [0.05, 0.1) is 0 Å². The molecule has 0 heterocycles. The maximum Gasteiger partial charge on any atom is 0.194 e. The number of hydrogen-bond donors (Lipinski definition) is 0. The minimum atomic E-state index is -1.29. The summed E-state index contributed by atoms with van der Waals surface area (Å²) in [6, 6.07) is 1.27. The van der Waals surface area contributed by atoms with Crippen LogP contribution in [0.3, 0.4) is 0 Å². The molecule has 0 N–H and O–H groups in total. The normalized spacial score (nSPS) is 35.4. The van der Waals surface area contributed by atoms with E-state index in [-0.39, 0.29) is 0 Å². The molecule has 3 fully saturated rings. The highest BCUT2D eigenvalue weighted by molar-refractivity contribution is 5.33. The van der Waals surface area contributed by atoms with E-state index in [1.807, 2.05) is 0 Å². The van der Waals surface area contributed by atoms with Crippen LogP contribution in [0.15, 0.2) is 6.07 Å². The minimum Gasteiger partial charge on any atom is -0.204 e. The summed E-state index contributed by atoms with van der Waals surface area (Å²) < 4.78 is 41.6. The van der Waals surface area contributed by atoms with Gasteiger partial charge in [-0.25, -0.2) is 13.2 Å². The Morgan fingerprint density at radius 1 is 0.657 bits per heavy atom. The number of benzene rings is 1. The molecular formula is C32H47F3. The van der Waals surface area contributed by atoms with Crippen LogP contribution in [0, 0.1) is 58.9 Å². The summed E-state index contributed by atoms with van der Waals surface area (Å²) in [5, 5.41) is 0. The predicted molar refractivity (Wildman–Crippen MR) is 138 cm³/mol. The van der Waals surface area contributed by atoms with Crippen molar-refractivity contribution in [3.63, 3.8) is 0 Å². The van der Waals surface area contributed by atoms with Crippen molar-refractivity contribution in [1.29, 1.82) is 0 Å². The lowest BCUT2D eigenvalue weighted by atomic mass is 9.60. The van der Waals surface area contributed by atoms with Gasteiger partial charge in [-0.1, -0.05) is 45.4 Å². The van der Waals surface area contributed by atoms with Crippen LogP contribution in [0.4, 0.5) is 13.2 Å². The highest BCUT2D eigenvalue weighted by Crippen LogP contribution is 2.50. The number of halogens is 3. The van der Waals surface area contributed by atoms with Crippen molar-refractivity contribution in [1.82, 2.24) is 0 Å². The summed E-state index contributed by atoms with van der Waals surface area (Å²) in [4.78, 5) is 0. The molecule has 3 heteroatoms. The van der Waals surface area contributed by atoms with E-state index >= 15 is 0 Å². The molecule has 0 aromatic heterocycles. The monoisotopic (exact) mass is 488 g/mol. The quantitative estimate of drug-likeness (QED) is 0.265. The van der Waals surface area contributed by atoms with Gasteiger partial charge in [-0.05, 0) is 136 Å². The van der Waals surface area contributed by atoms with E-state index in [0.717, 1.165) is 48.0 Å². The molecular weight excluding hydrogens is 441 g/mol. The number of hydrogen-bond acceptors (Lipinski definition) is 0. The maximum absolute atomic E-state index is 14.2. The van der Waals surface area contributed by atoms with Crippen molar-refractivity contribution < 1.29 is 13.2 Å². The zero-order chi connectivity index (χ0) is 24.4. The van der Waals surface area contributed by atoms with Crippen LogP contribution >= 0.6 is 0 Å². The van der Waals surface area contributed by atoms with E-state index in [2.05, 4.69) is 6.92 Å². The van der Waals surface area contributed by atoms with Crippen molar-refractivity contribution >= 4 is 0 Å². The van der Waals surface area contributed by atoms with Gasteiger partial charge in [0.15, 0.2) is 17.5 Å². The molecule has 5 rings (SSSR count). The summed E-state index contributed by atoms with van der Waals surface area (Å²) in [6.45, 7) is 2.30. The fourth-order valence-electron chi connectivity index (χ4n) is 8.91. The second-order valence-corrected chi connectivity index (χ2v) is 12.9. The van der Waals surface area contributed by atoms with Gasteiger partial charge in [0.2, 0.25) is 0 Å². The molecule has 0 radical (unpaired) electrons. The smallest absolute Gasteiger partial charge is 0.194 e. The van der Waals surface area contributed by atoms with Gasteiger partial charge in [0.1, 0.15) is 0 Å². The van der Waals surface area contributed by atoms with Crippen LogP contribution in [0.5, 0.6) is 0 Å². The molecule has 3 saturated carbocycles. The standard InChI is InChI=1S/C32H47F3/c1-2-3-4-5-6-21-7-8-27-18-25(14-13-24(27)17-21)22-9-11-23(12-10-22)26-15-16-29-28(19-26)20-30(33)32(35)31(29)34/h20-27H,2-19H2,1H3. The van der Waals surface area contributed by atoms with Crippen molar-refractivity contribution in [2.75, 3.05) is 0 Å². The molecule has 1 aromatic carbocycles. The van der Waals surface area contributed by atoms with Crippen LogP contribution in [-0.4, -0.2) is 0 Å². The van der Waals surface area contributed by atoms with Crippen molar-refractivity contribution in [3.05, 3.63) is 34.6 Å². The largest absolute Gasteiger partial charge is 0.204 e. The predicted octanol–water partition coefficient (Wildman–Crippen LogP) is 9.82. The molecule has 5 unspecified atom stereocenters. The molecule has 35 heavy (non-hydrogen) atoms. The summed E-state index contributed by atoms with van der Waals surface area (Å²) in [5.74, 6) is 2.80. The van der Waals surface area contributed by atoms with Gasteiger partial charge in [0.25, 0.3) is 0 Å². The summed E-state index contributed by atoms with van der Waals surface area (Å²) in [7, 11) is 0. The van der Waals surface area contributed by atoms with E-state index in [1.54, 1.807) is 0 Å². The van der Waals surface area contributed by atoms with Gasteiger partial charge < -0.3 is 0 Å². The third-order valence-corrected chi connectivity index (χ3v) is 11.0. The number of unbranched alkanes of at least 4 members (excludes halogenated alkanes) is 3. The fourth-order valence-corrected chi connectivity index (χ4v) is 8.91. The Balaban J connectivity index is 1.08. The van der Waals surface area contributed by atoms with Gasteiger partial charge >= 0.3 is 0 Å². The molecule has 4 aliphatic carbocycles. The SMILES string of the molecule is CCCCCCC1CCC2CC(C3CCC(C4CCc5c(cc(F)c(F)c5F)C4)CC3)CCC2C1. The van der Waals surface area contributed by atoms with Crippen molar-refractivity contribution in [2.45, 2.75) is 122 Å². The summed E-state index contributed by atoms with van der Waals surface area (Å²) in [5.41, 5.74) is 1.15. The maximum atomic E-state index is 14.2. The minimum absolute atomic E-state index is 0.432.